The Kier molecular flexibility index (Phi) is 4.33. The lowest BCUT2D eigenvalue weighted by atomic mass is 9.83. The number of hydrogen-bond acceptors (Lipinski definition) is 3. The van der Waals surface area contributed by atoms with Gasteiger partial charge in [-0.05, 0) is 24.5 Å². The average molecular weight is 255 g/mol. The van der Waals surface area contributed by atoms with Gasteiger partial charge in [-0.25, -0.2) is 8.42 Å². The Morgan fingerprint density at radius 3 is 2.06 bits per heavy atom. The maximum atomic E-state index is 11.8. The summed E-state index contributed by atoms with van der Waals surface area (Å²) >= 11 is 0. The molecule has 0 radical (unpaired) electrons. The van der Waals surface area contributed by atoms with Crippen LogP contribution in [-0.2, 0) is 9.84 Å². The van der Waals surface area contributed by atoms with E-state index in [-0.39, 0.29) is 12.0 Å². The molecular weight excluding hydrogens is 234 g/mol. The van der Waals surface area contributed by atoms with Crippen molar-refractivity contribution in [3.8, 4) is 0 Å². The van der Waals surface area contributed by atoms with Crippen molar-refractivity contribution in [2.75, 3.05) is 6.26 Å². The Balaban J connectivity index is 3.39. The van der Waals surface area contributed by atoms with Crippen LogP contribution in [0.4, 0.5) is 0 Å². The van der Waals surface area contributed by atoms with Crippen LogP contribution < -0.4 is 5.73 Å². The summed E-state index contributed by atoms with van der Waals surface area (Å²) in [6, 6.07) is 7.06. The van der Waals surface area contributed by atoms with Gasteiger partial charge in [-0.1, -0.05) is 32.0 Å². The van der Waals surface area contributed by atoms with Gasteiger partial charge in [0.25, 0.3) is 0 Å². The fourth-order valence-corrected chi connectivity index (χ4v) is 3.30. The molecule has 0 bridgehead atoms. The maximum Gasteiger partial charge on any atom is 0.175 e. The maximum absolute atomic E-state index is 11.8. The molecule has 3 nitrogen and oxygen atoms in total. The van der Waals surface area contributed by atoms with Crippen LogP contribution in [0.25, 0.3) is 0 Å². The summed E-state index contributed by atoms with van der Waals surface area (Å²) < 4.78 is 23.5. The first-order valence-electron chi connectivity index (χ1n) is 5.79. The zero-order valence-electron chi connectivity index (χ0n) is 10.8. The van der Waals surface area contributed by atoms with Gasteiger partial charge < -0.3 is 5.73 Å². The normalized spacial score (nSPS) is 15.9. The van der Waals surface area contributed by atoms with Crippen LogP contribution in [0.5, 0.6) is 0 Å². The van der Waals surface area contributed by atoms with Gasteiger partial charge in [-0.15, -0.1) is 0 Å². The van der Waals surface area contributed by atoms with E-state index in [2.05, 4.69) is 13.8 Å². The van der Waals surface area contributed by atoms with E-state index in [9.17, 15) is 8.42 Å². The van der Waals surface area contributed by atoms with E-state index in [4.69, 9.17) is 5.73 Å². The van der Waals surface area contributed by atoms with Crippen molar-refractivity contribution in [2.45, 2.75) is 37.6 Å². The summed E-state index contributed by atoms with van der Waals surface area (Å²) in [4.78, 5) is 0.399. The van der Waals surface area contributed by atoms with Gasteiger partial charge in [0.1, 0.15) is 0 Å². The van der Waals surface area contributed by atoms with Crippen LogP contribution in [-0.4, -0.2) is 20.7 Å². The van der Waals surface area contributed by atoms with Gasteiger partial charge in [-0.3, -0.25) is 0 Å². The minimum absolute atomic E-state index is 0.0564. The molecule has 17 heavy (non-hydrogen) atoms. The minimum Gasteiger partial charge on any atom is -0.327 e. The molecule has 0 aliphatic carbocycles. The van der Waals surface area contributed by atoms with E-state index < -0.39 is 9.84 Å². The Morgan fingerprint density at radius 2 is 1.65 bits per heavy atom. The van der Waals surface area contributed by atoms with Crippen molar-refractivity contribution in [2.24, 2.45) is 11.7 Å². The number of rotatable bonds is 4. The van der Waals surface area contributed by atoms with Crippen molar-refractivity contribution in [1.82, 2.24) is 0 Å². The van der Waals surface area contributed by atoms with Crippen molar-refractivity contribution in [3.63, 3.8) is 0 Å². The van der Waals surface area contributed by atoms with Gasteiger partial charge in [-0.2, -0.15) is 0 Å². The highest BCUT2D eigenvalue weighted by atomic mass is 32.2. The van der Waals surface area contributed by atoms with Crippen LogP contribution in [0.15, 0.2) is 29.2 Å². The predicted molar refractivity (Wildman–Crippen MR) is 70.8 cm³/mol. The Morgan fingerprint density at radius 1 is 1.12 bits per heavy atom. The molecule has 4 heteroatoms. The van der Waals surface area contributed by atoms with Crippen LogP contribution in [0.2, 0.25) is 0 Å². The standard InChI is InChI=1S/C13H21NO2S/c1-9(2)13(10(3)14)11-7-5-6-8-12(11)17(4,15)16/h5-10,13H,14H2,1-4H3. The fraction of sp³-hybridized carbons (Fsp3) is 0.538. The van der Waals surface area contributed by atoms with Crippen molar-refractivity contribution >= 4 is 9.84 Å². The summed E-state index contributed by atoms with van der Waals surface area (Å²) in [6.07, 6.45) is 1.24. The Hall–Kier alpha value is -0.870. The average Bonchev–Trinajstić information content (AvgIpc) is 2.15. The third-order valence-electron chi connectivity index (χ3n) is 2.96. The molecule has 96 valence electrons. The zero-order chi connectivity index (χ0) is 13.2. The second-order valence-electron chi connectivity index (χ2n) is 4.94. The lowest BCUT2D eigenvalue weighted by molar-refractivity contribution is 0.429. The second kappa shape index (κ2) is 5.19. The largest absolute Gasteiger partial charge is 0.327 e. The molecule has 0 saturated carbocycles. The van der Waals surface area contributed by atoms with E-state index in [1.807, 2.05) is 19.1 Å². The molecule has 0 aliphatic rings. The van der Waals surface area contributed by atoms with E-state index in [1.54, 1.807) is 12.1 Å². The first kappa shape index (κ1) is 14.2. The first-order valence-corrected chi connectivity index (χ1v) is 7.69. The molecule has 0 aliphatic heterocycles. The van der Waals surface area contributed by atoms with Crippen LogP contribution in [0.3, 0.4) is 0 Å². The number of hydrogen-bond donors (Lipinski definition) is 1. The second-order valence-corrected chi connectivity index (χ2v) is 6.92. The topological polar surface area (TPSA) is 60.2 Å². The number of sulfone groups is 1. The van der Waals surface area contributed by atoms with E-state index >= 15 is 0 Å². The third kappa shape index (κ3) is 3.30. The van der Waals surface area contributed by atoms with Crippen LogP contribution in [0.1, 0.15) is 32.3 Å². The predicted octanol–water partition coefficient (Wildman–Crippen LogP) is 2.18. The highest BCUT2D eigenvalue weighted by Crippen LogP contribution is 2.31. The minimum atomic E-state index is -3.20. The highest BCUT2D eigenvalue weighted by Gasteiger charge is 2.25. The molecule has 0 fully saturated rings. The highest BCUT2D eigenvalue weighted by molar-refractivity contribution is 7.90. The van der Waals surface area contributed by atoms with Gasteiger partial charge in [0, 0.05) is 18.2 Å². The molecule has 0 saturated heterocycles. The van der Waals surface area contributed by atoms with E-state index in [0.29, 0.717) is 10.8 Å². The Bertz CT molecular complexity index is 470. The SMILES string of the molecule is CC(C)C(c1ccccc1S(C)(=O)=O)C(C)N. The van der Waals surface area contributed by atoms with Crippen LogP contribution in [0, 0.1) is 5.92 Å². The quantitative estimate of drug-likeness (QED) is 0.897. The van der Waals surface area contributed by atoms with E-state index in [1.165, 1.54) is 6.26 Å². The summed E-state index contributed by atoms with van der Waals surface area (Å²) in [5.41, 5.74) is 6.82. The molecule has 1 rings (SSSR count). The lowest BCUT2D eigenvalue weighted by Gasteiger charge is -2.26. The fourth-order valence-electron chi connectivity index (χ4n) is 2.34. The third-order valence-corrected chi connectivity index (χ3v) is 4.13. The molecule has 0 spiro atoms. The zero-order valence-corrected chi connectivity index (χ0v) is 11.7. The summed E-state index contributed by atoms with van der Waals surface area (Å²) in [5, 5.41) is 0. The molecule has 0 heterocycles. The van der Waals surface area contributed by atoms with Crippen molar-refractivity contribution < 1.29 is 8.42 Å². The molecule has 2 atom stereocenters. The first-order chi connectivity index (χ1) is 7.75. The molecule has 1 aromatic rings. The van der Waals surface area contributed by atoms with Crippen LogP contribution >= 0.6 is 0 Å². The number of nitrogens with two attached hydrogens (primary N) is 1. The number of benzene rings is 1. The van der Waals surface area contributed by atoms with Gasteiger partial charge in [0.2, 0.25) is 0 Å². The lowest BCUT2D eigenvalue weighted by Crippen LogP contribution is -2.29. The molecule has 2 N–H and O–H groups in total. The smallest absolute Gasteiger partial charge is 0.175 e. The summed E-state index contributed by atoms with van der Waals surface area (Å²) in [5.74, 6) is 0.360. The van der Waals surface area contributed by atoms with Crippen molar-refractivity contribution in [1.29, 1.82) is 0 Å². The Labute approximate surface area is 104 Å². The molecule has 1 aromatic carbocycles. The molecule has 2 unspecified atom stereocenters. The van der Waals surface area contributed by atoms with Gasteiger partial charge >= 0.3 is 0 Å². The molecule has 0 amide bonds. The summed E-state index contributed by atoms with van der Waals surface area (Å²) in [6.45, 7) is 6.05. The summed E-state index contributed by atoms with van der Waals surface area (Å²) in [7, 11) is -3.20. The monoisotopic (exact) mass is 255 g/mol. The van der Waals surface area contributed by atoms with Gasteiger partial charge in [0.05, 0.1) is 4.90 Å². The van der Waals surface area contributed by atoms with Crippen molar-refractivity contribution in [3.05, 3.63) is 29.8 Å². The molecule has 0 aromatic heterocycles. The van der Waals surface area contributed by atoms with E-state index in [0.717, 1.165) is 5.56 Å². The molecular formula is C13H21NO2S. The van der Waals surface area contributed by atoms with Gasteiger partial charge in [0.15, 0.2) is 9.84 Å².